The van der Waals surface area contributed by atoms with Crippen molar-refractivity contribution in [3.63, 3.8) is 0 Å². The highest BCUT2D eigenvalue weighted by Gasteiger charge is 2.08. The van der Waals surface area contributed by atoms with Crippen LogP contribution in [0.2, 0.25) is 0 Å². The van der Waals surface area contributed by atoms with Crippen LogP contribution >= 0.6 is 23.1 Å². The van der Waals surface area contributed by atoms with Crippen molar-refractivity contribution in [2.75, 3.05) is 19.5 Å². The molecule has 5 nitrogen and oxygen atoms in total. The molecule has 0 saturated heterocycles. The Morgan fingerprint density at radius 3 is 2.43 bits per heavy atom. The molecule has 1 heterocycles. The number of ether oxygens (including phenoxy) is 2. The molecular weight excluding hydrogens is 392 g/mol. The van der Waals surface area contributed by atoms with Gasteiger partial charge in [-0.05, 0) is 23.3 Å². The number of thioether (sulfide) groups is 1. The zero-order valence-corrected chi connectivity index (χ0v) is 17.4. The smallest absolute Gasteiger partial charge is 0.230 e. The monoisotopic (exact) mass is 414 g/mol. The van der Waals surface area contributed by atoms with Gasteiger partial charge in [0, 0.05) is 23.0 Å². The Morgan fingerprint density at radius 1 is 1.04 bits per heavy atom. The molecule has 0 bridgehead atoms. The van der Waals surface area contributed by atoms with E-state index in [1.165, 1.54) is 11.3 Å². The van der Waals surface area contributed by atoms with Gasteiger partial charge in [0.1, 0.15) is 11.5 Å². The van der Waals surface area contributed by atoms with Gasteiger partial charge in [-0.3, -0.25) is 4.79 Å². The van der Waals surface area contributed by atoms with Crippen LogP contribution in [0.15, 0.2) is 53.9 Å². The summed E-state index contributed by atoms with van der Waals surface area (Å²) in [5.41, 5.74) is 3.08. The Labute approximate surface area is 173 Å². The van der Waals surface area contributed by atoms with Crippen LogP contribution in [0.1, 0.15) is 16.8 Å². The van der Waals surface area contributed by atoms with Gasteiger partial charge in [-0.15, -0.1) is 11.3 Å². The Kier molecular flexibility index (Phi) is 7.33. The summed E-state index contributed by atoms with van der Waals surface area (Å²) in [6.45, 7) is 0. The number of thiazole rings is 1. The first-order valence-corrected chi connectivity index (χ1v) is 10.8. The summed E-state index contributed by atoms with van der Waals surface area (Å²) in [7, 11) is 3.29. The lowest BCUT2D eigenvalue weighted by atomic mass is 10.1. The highest BCUT2D eigenvalue weighted by Crippen LogP contribution is 2.27. The van der Waals surface area contributed by atoms with E-state index in [2.05, 4.69) is 10.3 Å². The van der Waals surface area contributed by atoms with Gasteiger partial charge < -0.3 is 14.8 Å². The van der Waals surface area contributed by atoms with E-state index in [1.54, 1.807) is 26.0 Å². The molecule has 0 radical (unpaired) electrons. The van der Waals surface area contributed by atoms with Gasteiger partial charge in [-0.25, -0.2) is 4.98 Å². The van der Waals surface area contributed by atoms with Crippen molar-refractivity contribution in [3.05, 3.63) is 70.7 Å². The number of nitrogens with one attached hydrogen (secondary N) is 1. The van der Waals surface area contributed by atoms with Crippen LogP contribution < -0.4 is 14.8 Å². The van der Waals surface area contributed by atoms with Crippen molar-refractivity contribution in [2.24, 2.45) is 0 Å². The van der Waals surface area contributed by atoms with E-state index in [0.29, 0.717) is 11.6 Å². The van der Waals surface area contributed by atoms with Gasteiger partial charge in [-0.2, -0.15) is 11.8 Å². The van der Waals surface area contributed by atoms with Crippen LogP contribution in [0.3, 0.4) is 0 Å². The van der Waals surface area contributed by atoms with Crippen LogP contribution in [-0.4, -0.2) is 25.1 Å². The van der Waals surface area contributed by atoms with Crippen molar-refractivity contribution in [1.82, 2.24) is 4.98 Å². The SMILES string of the molecule is COc1cc(CSCc2csc(NC(=O)Cc3ccccc3)n2)cc(OC)c1. The predicted octanol–water partition coefficient (Wildman–Crippen LogP) is 4.77. The van der Waals surface area contributed by atoms with E-state index < -0.39 is 0 Å². The van der Waals surface area contributed by atoms with Crippen LogP contribution in [0.4, 0.5) is 5.13 Å². The van der Waals surface area contributed by atoms with Crippen LogP contribution in [0.25, 0.3) is 0 Å². The Balaban J connectivity index is 1.49. The molecule has 2 aromatic carbocycles. The zero-order chi connectivity index (χ0) is 19.8. The van der Waals surface area contributed by atoms with Gasteiger partial charge in [0.25, 0.3) is 0 Å². The summed E-state index contributed by atoms with van der Waals surface area (Å²) in [6.07, 6.45) is 0.349. The maximum atomic E-state index is 12.1. The largest absolute Gasteiger partial charge is 0.497 e. The Bertz CT molecular complexity index is 891. The fourth-order valence-electron chi connectivity index (χ4n) is 2.60. The molecule has 7 heteroatoms. The van der Waals surface area contributed by atoms with Gasteiger partial charge >= 0.3 is 0 Å². The molecule has 1 aromatic heterocycles. The first-order valence-electron chi connectivity index (χ1n) is 8.74. The number of amides is 1. The number of carbonyl (C=O) groups is 1. The van der Waals surface area contributed by atoms with Crippen molar-refractivity contribution in [2.45, 2.75) is 17.9 Å². The number of anilines is 1. The minimum atomic E-state index is -0.0526. The molecule has 146 valence electrons. The van der Waals surface area contributed by atoms with Gasteiger partial charge in [0.2, 0.25) is 5.91 Å². The third kappa shape index (κ3) is 6.00. The van der Waals surface area contributed by atoms with Crippen molar-refractivity contribution < 1.29 is 14.3 Å². The third-order valence-corrected chi connectivity index (χ3v) is 5.78. The van der Waals surface area contributed by atoms with Crippen LogP contribution in [-0.2, 0) is 22.7 Å². The molecule has 0 atom stereocenters. The van der Waals surface area contributed by atoms with E-state index in [4.69, 9.17) is 9.47 Å². The normalized spacial score (nSPS) is 10.5. The van der Waals surface area contributed by atoms with E-state index >= 15 is 0 Å². The summed E-state index contributed by atoms with van der Waals surface area (Å²) < 4.78 is 10.6. The molecule has 1 N–H and O–H groups in total. The topological polar surface area (TPSA) is 60.5 Å². The minimum absolute atomic E-state index is 0.0526. The second-order valence-corrected chi connectivity index (χ2v) is 7.91. The van der Waals surface area contributed by atoms with E-state index in [9.17, 15) is 4.79 Å². The molecule has 0 aliphatic carbocycles. The molecule has 0 fully saturated rings. The molecule has 0 saturated carbocycles. The minimum Gasteiger partial charge on any atom is -0.497 e. The van der Waals surface area contributed by atoms with Crippen LogP contribution in [0, 0.1) is 0 Å². The highest BCUT2D eigenvalue weighted by atomic mass is 32.2. The number of nitrogens with zero attached hydrogens (tertiary/aromatic N) is 1. The van der Waals surface area contributed by atoms with Gasteiger partial charge in [0.15, 0.2) is 5.13 Å². The maximum absolute atomic E-state index is 12.1. The second-order valence-electron chi connectivity index (χ2n) is 6.07. The highest BCUT2D eigenvalue weighted by molar-refractivity contribution is 7.97. The number of carbonyl (C=O) groups excluding carboxylic acids is 1. The fourth-order valence-corrected chi connectivity index (χ4v) is 4.29. The molecule has 28 heavy (non-hydrogen) atoms. The standard InChI is InChI=1S/C21H22N2O3S2/c1-25-18-8-16(9-19(11-18)26-2)12-27-13-17-14-28-21(22-17)23-20(24)10-15-6-4-3-5-7-15/h3-9,11,14H,10,12-13H2,1-2H3,(H,22,23,24). The van der Waals surface area contributed by atoms with E-state index in [0.717, 1.165) is 39.8 Å². The molecular formula is C21H22N2O3S2. The second kappa shape index (κ2) is 10.1. The number of rotatable bonds is 9. The third-order valence-electron chi connectivity index (χ3n) is 3.94. The first-order chi connectivity index (χ1) is 13.7. The summed E-state index contributed by atoms with van der Waals surface area (Å²) in [5, 5.41) is 5.50. The zero-order valence-electron chi connectivity index (χ0n) is 15.8. The molecule has 1 amide bonds. The van der Waals surface area contributed by atoms with Crippen LogP contribution in [0.5, 0.6) is 11.5 Å². The molecule has 0 aliphatic rings. The number of benzene rings is 2. The molecule has 3 rings (SSSR count). The number of hydrogen-bond acceptors (Lipinski definition) is 6. The maximum Gasteiger partial charge on any atom is 0.230 e. The summed E-state index contributed by atoms with van der Waals surface area (Å²) >= 11 is 3.20. The lowest BCUT2D eigenvalue weighted by molar-refractivity contribution is -0.115. The predicted molar refractivity (Wildman–Crippen MR) is 115 cm³/mol. The average Bonchev–Trinajstić information content (AvgIpc) is 3.15. The van der Waals surface area contributed by atoms with Crippen molar-refractivity contribution in [1.29, 1.82) is 0 Å². The first kappa shape index (κ1) is 20.2. The number of hydrogen-bond donors (Lipinski definition) is 1. The average molecular weight is 415 g/mol. The number of methoxy groups -OCH3 is 2. The van der Waals surface area contributed by atoms with Gasteiger partial charge in [0.05, 0.1) is 26.3 Å². The molecule has 3 aromatic rings. The molecule has 0 spiro atoms. The Hall–Kier alpha value is -2.51. The fraction of sp³-hybridized carbons (Fsp3) is 0.238. The summed E-state index contributed by atoms with van der Waals surface area (Å²) in [4.78, 5) is 16.6. The molecule has 0 aliphatic heterocycles. The van der Waals surface area contributed by atoms with E-state index in [-0.39, 0.29) is 5.91 Å². The lowest BCUT2D eigenvalue weighted by Crippen LogP contribution is -2.14. The van der Waals surface area contributed by atoms with E-state index in [1.807, 2.05) is 53.9 Å². The number of aromatic nitrogens is 1. The Morgan fingerprint density at radius 2 is 1.75 bits per heavy atom. The summed E-state index contributed by atoms with van der Waals surface area (Å²) in [6, 6.07) is 15.6. The van der Waals surface area contributed by atoms with Crippen molar-refractivity contribution in [3.8, 4) is 11.5 Å². The lowest BCUT2D eigenvalue weighted by Gasteiger charge is -2.08. The molecule has 0 unspecified atom stereocenters. The summed E-state index contributed by atoms with van der Waals surface area (Å²) in [5.74, 6) is 3.10. The van der Waals surface area contributed by atoms with Crippen molar-refractivity contribution >= 4 is 34.1 Å². The quantitative estimate of drug-likeness (QED) is 0.546. The van der Waals surface area contributed by atoms with Gasteiger partial charge in [-0.1, -0.05) is 30.3 Å².